The van der Waals surface area contributed by atoms with Gasteiger partial charge >= 0.3 is 6.03 Å². The zero-order valence-electron chi connectivity index (χ0n) is 25.0. The van der Waals surface area contributed by atoms with Crippen LogP contribution in [-0.2, 0) is 17.9 Å². The molecule has 0 radical (unpaired) electrons. The summed E-state index contributed by atoms with van der Waals surface area (Å²) in [6, 6.07) is 22.3. The molecule has 0 saturated heterocycles. The van der Waals surface area contributed by atoms with E-state index in [1.165, 1.54) is 4.90 Å². The first-order chi connectivity index (χ1) is 22.2. The normalized spacial score (nSPS) is 10.7. The summed E-state index contributed by atoms with van der Waals surface area (Å²) < 4.78 is 6.05. The number of para-hydroxylation sites is 1. The lowest BCUT2D eigenvalue weighted by atomic mass is 10.1. The number of likely N-dealkylation sites (N-methyl/N-ethyl adjacent to an activating group) is 1. The Bertz CT molecular complexity index is 1890. The Labute approximate surface area is 275 Å². The number of aromatic nitrogens is 2. The van der Waals surface area contributed by atoms with Crippen molar-refractivity contribution >= 4 is 63.3 Å². The fraction of sp³-hybridized carbons (Fsp3) is 0.147. The van der Waals surface area contributed by atoms with Crippen LogP contribution in [-0.4, -0.2) is 41.4 Å². The fourth-order valence-corrected chi connectivity index (χ4v) is 5.15. The number of hydrogen-bond acceptors (Lipinski definition) is 6. The van der Waals surface area contributed by atoms with Gasteiger partial charge in [-0.1, -0.05) is 41.4 Å². The highest BCUT2D eigenvalue weighted by Gasteiger charge is 2.20. The Hall–Kier alpha value is -5.19. The van der Waals surface area contributed by atoms with Crippen molar-refractivity contribution in [2.45, 2.75) is 20.1 Å². The number of rotatable bonds is 10. The number of ether oxygens (including phenoxy) is 1. The quantitative estimate of drug-likeness (QED) is 0.157. The maximum Gasteiger partial charge on any atom is 0.319 e. The smallest absolute Gasteiger partial charge is 0.319 e. The summed E-state index contributed by atoms with van der Waals surface area (Å²) >= 11 is 13.2. The average molecular weight is 658 g/mol. The number of pyridine rings is 2. The molecule has 0 aliphatic rings. The highest BCUT2D eigenvalue weighted by Crippen LogP contribution is 2.35. The Morgan fingerprint density at radius 2 is 1.65 bits per heavy atom. The molecule has 5 rings (SSSR count). The zero-order valence-corrected chi connectivity index (χ0v) is 26.5. The van der Waals surface area contributed by atoms with Gasteiger partial charge in [0.2, 0.25) is 5.91 Å². The summed E-state index contributed by atoms with van der Waals surface area (Å²) in [7, 11) is 1.55. The lowest BCUT2D eigenvalue weighted by Crippen LogP contribution is -2.40. The molecular formula is C34H30Cl2N6O4. The second-order valence-electron chi connectivity index (χ2n) is 10.3. The third kappa shape index (κ3) is 7.90. The molecule has 5 aromatic rings. The molecule has 0 unspecified atom stereocenters. The van der Waals surface area contributed by atoms with Gasteiger partial charge in [-0.05, 0) is 73.2 Å². The fourth-order valence-electron chi connectivity index (χ4n) is 4.54. The molecule has 0 saturated carbocycles. The van der Waals surface area contributed by atoms with Crippen LogP contribution < -0.4 is 25.6 Å². The predicted molar refractivity (Wildman–Crippen MR) is 180 cm³/mol. The number of carbonyl (C=O) groups is 3. The Morgan fingerprint density at radius 1 is 0.913 bits per heavy atom. The zero-order chi connectivity index (χ0) is 32.6. The van der Waals surface area contributed by atoms with Crippen molar-refractivity contribution in [2.75, 3.05) is 23.8 Å². The SMILES string of the molecule is Cc1nc2ccccc2cc1OCc1c(Cl)ccc(N(C)C(=O)CNC(=O)Nc2ccc(C(=O)NCc3ccncc3)cc2)c1Cl. The average Bonchev–Trinajstić information content (AvgIpc) is 3.06. The number of hydrogen-bond donors (Lipinski definition) is 3. The predicted octanol–water partition coefficient (Wildman–Crippen LogP) is 6.54. The molecule has 234 valence electrons. The van der Waals surface area contributed by atoms with Crippen LogP contribution in [0.2, 0.25) is 10.0 Å². The monoisotopic (exact) mass is 656 g/mol. The molecule has 10 nitrogen and oxygen atoms in total. The molecule has 2 heterocycles. The molecule has 2 aromatic heterocycles. The number of carbonyl (C=O) groups excluding carboxylic acids is 3. The minimum Gasteiger partial charge on any atom is -0.487 e. The van der Waals surface area contributed by atoms with E-state index in [0.29, 0.717) is 39.8 Å². The number of nitrogens with zero attached hydrogens (tertiary/aromatic N) is 3. The molecule has 0 fully saturated rings. The number of halogens is 2. The number of anilines is 2. The molecule has 46 heavy (non-hydrogen) atoms. The molecule has 12 heteroatoms. The largest absolute Gasteiger partial charge is 0.487 e. The third-order valence-corrected chi connectivity index (χ3v) is 7.92. The van der Waals surface area contributed by atoms with Crippen LogP contribution in [0.3, 0.4) is 0 Å². The topological polar surface area (TPSA) is 126 Å². The summed E-state index contributed by atoms with van der Waals surface area (Å²) in [5.41, 5.74) is 4.31. The number of fused-ring (bicyclic) bond motifs is 1. The summed E-state index contributed by atoms with van der Waals surface area (Å²) in [6.45, 7) is 1.98. The van der Waals surface area contributed by atoms with Gasteiger partial charge in [0.15, 0.2) is 0 Å². The molecule has 0 spiro atoms. The summed E-state index contributed by atoms with van der Waals surface area (Å²) in [6.07, 6.45) is 3.32. The molecule has 0 atom stereocenters. The lowest BCUT2D eigenvalue weighted by molar-refractivity contribution is -0.117. The van der Waals surface area contributed by atoms with Crippen LogP contribution in [0.15, 0.2) is 91.3 Å². The standard InChI is InChI=1S/C34H30Cl2N6O4/c1-21-30(17-24-5-3-4-6-28(24)40-21)46-20-26-27(35)11-12-29(32(26)36)42(2)31(43)19-39-34(45)41-25-9-7-23(8-10-25)33(44)38-18-22-13-15-37-16-14-22/h3-17H,18-20H2,1-2H3,(H,38,44)(H2,39,41,45). The second-order valence-corrected chi connectivity index (χ2v) is 11.1. The number of amides is 4. The second kappa shape index (κ2) is 14.7. The highest BCUT2D eigenvalue weighted by molar-refractivity contribution is 6.38. The van der Waals surface area contributed by atoms with Gasteiger partial charge in [-0.2, -0.15) is 0 Å². The molecule has 0 aliphatic carbocycles. The van der Waals surface area contributed by atoms with Gasteiger partial charge in [0.1, 0.15) is 12.4 Å². The van der Waals surface area contributed by atoms with Crippen molar-refractivity contribution in [3.05, 3.63) is 124 Å². The molecular weight excluding hydrogens is 627 g/mol. The Kier molecular flexibility index (Phi) is 10.3. The first kappa shape index (κ1) is 32.2. The minimum atomic E-state index is -0.590. The van der Waals surface area contributed by atoms with Gasteiger partial charge in [-0.3, -0.25) is 14.6 Å². The van der Waals surface area contributed by atoms with E-state index in [-0.39, 0.29) is 24.1 Å². The molecule has 0 bridgehead atoms. The molecule has 3 aromatic carbocycles. The van der Waals surface area contributed by atoms with Crippen molar-refractivity contribution in [3.63, 3.8) is 0 Å². The molecule has 3 N–H and O–H groups in total. The van der Waals surface area contributed by atoms with Crippen molar-refractivity contribution in [3.8, 4) is 5.75 Å². The van der Waals surface area contributed by atoms with E-state index in [9.17, 15) is 14.4 Å². The van der Waals surface area contributed by atoms with Crippen LogP contribution in [0.5, 0.6) is 5.75 Å². The van der Waals surface area contributed by atoms with Gasteiger partial charge in [0.25, 0.3) is 5.91 Å². The number of aryl methyl sites for hydroxylation is 1. The van der Waals surface area contributed by atoms with Gasteiger partial charge in [0, 0.05) is 53.2 Å². The molecule has 4 amide bonds. The third-order valence-electron chi connectivity index (χ3n) is 7.15. The van der Waals surface area contributed by atoms with Crippen LogP contribution in [0, 0.1) is 6.92 Å². The Morgan fingerprint density at radius 3 is 2.41 bits per heavy atom. The van der Waals surface area contributed by atoms with Crippen LogP contribution in [0.4, 0.5) is 16.2 Å². The van der Waals surface area contributed by atoms with E-state index >= 15 is 0 Å². The van der Waals surface area contributed by atoms with E-state index in [0.717, 1.165) is 22.2 Å². The van der Waals surface area contributed by atoms with E-state index in [1.807, 2.05) is 49.4 Å². The summed E-state index contributed by atoms with van der Waals surface area (Å²) in [4.78, 5) is 47.8. The molecule has 0 aliphatic heterocycles. The van der Waals surface area contributed by atoms with Gasteiger partial charge in [0.05, 0.1) is 28.5 Å². The van der Waals surface area contributed by atoms with Crippen molar-refractivity contribution in [2.24, 2.45) is 0 Å². The van der Waals surface area contributed by atoms with E-state index < -0.39 is 11.9 Å². The maximum absolute atomic E-state index is 13.0. The first-order valence-electron chi connectivity index (χ1n) is 14.2. The number of nitrogens with one attached hydrogen (secondary N) is 3. The van der Waals surface area contributed by atoms with Crippen LogP contribution in [0.1, 0.15) is 27.2 Å². The lowest BCUT2D eigenvalue weighted by Gasteiger charge is -2.21. The number of benzene rings is 3. The van der Waals surface area contributed by atoms with Crippen molar-refractivity contribution in [1.29, 1.82) is 0 Å². The van der Waals surface area contributed by atoms with Gasteiger partial charge < -0.3 is 25.6 Å². The Balaban J connectivity index is 1.14. The van der Waals surface area contributed by atoms with Crippen molar-refractivity contribution in [1.82, 2.24) is 20.6 Å². The minimum absolute atomic E-state index is 0.0558. The summed E-state index contributed by atoms with van der Waals surface area (Å²) in [5.74, 6) is -0.0744. The van der Waals surface area contributed by atoms with E-state index in [4.69, 9.17) is 27.9 Å². The van der Waals surface area contributed by atoms with Gasteiger partial charge in [-0.25, -0.2) is 9.78 Å². The van der Waals surface area contributed by atoms with Crippen LogP contribution in [0.25, 0.3) is 10.9 Å². The highest BCUT2D eigenvalue weighted by atomic mass is 35.5. The van der Waals surface area contributed by atoms with E-state index in [2.05, 4.69) is 25.9 Å². The maximum atomic E-state index is 13.0. The summed E-state index contributed by atoms with van der Waals surface area (Å²) in [5, 5.41) is 9.60. The van der Waals surface area contributed by atoms with Crippen LogP contribution >= 0.6 is 23.2 Å². The number of urea groups is 1. The van der Waals surface area contributed by atoms with Crippen molar-refractivity contribution < 1.29 is 19.1 Å². The first-order valence-corrected chi connectivity index (χ1v) is 15.0. The van der Waals surface area contributed by atoms with E-state index in [1.54, 1.807) is 55.8 Å². The van der Waals surface area contributed by atoms with Gasteiger partial charge in [-0.15, -0.1) is 0 Å².